The summed E-state index contributed by atoms with van der Waals surface area (Å²) in [6, 6.07) is 0.321. The summed E-state index contributed by atoms with van der Waals surface area (Å²) in [6.45, 7) is 4.61. The Hall–Kier alpha value is -0.680. The summed E-state index contributed by atoms with van der Waals surface area (Å²) < 4.78 is 7.58. The molecule has 0 aliphatic rings. The van der Waals surface area contributed by atoms with Gasteiger partial charge in [-0.05, 0) is 26.1 Å². The van der Waals surface area contributed by atoms with E-state index in [4.69, 9.17) is 17.0 Å². The Morgan fingerprint density at radius 2 is 2.33 bits per heavy atom. The summed E-state index contributed by atoms with van der Waals surface area (Å²) in [6.07, 6.45) is 0. The molecule has 0 atom stereocenters. The quantitative estimate of drug-likeness (QED) is 0.732. The molecule has 0 aromatic carbocycles. The Labute approximate surface area is 76.6 Å². The highest BCUT2D eigenvalue weighted by Gasteiger charge is 2.07. The number of ether oxygens (including phenoxy) is 1. The molecule has 0 saturated heterocycles. The second kappa shape index (κ2) is 3.82. The van der Waals surface area contributed by atoms with Gasteiger partial charge in [-0.25, -0.2) is 0 Å². The third kappa shape index (κ3) is 1.73. The average molecular weight is 187 g/mol. The monoisotopic (exact) mass is 187 g/mol. The van der Waals surface area contributed by atoms with E-state index in [1.54, 1.807) is 7.11 Å². The number of hydrogen-bond acceptors (Lipinski definition) is 3. The van der Waals surface area contributed by atoms with E-state index in [9.17, 15) is 0 Å². The van der Waals surface area contributed by atoms with Gasteiger partial charge in [0.1, 0.15) is 6.61 Å². The number of nitrogens with zero attached hydrogens (tertiary/aromatic N) is 2. The molecule has 0 radical (unpaired) electrons. The van der Waals surface area contributed by atoms with Crippen LogP contribution in [-0.2, 0) is 11.3 Å². The van der Waals surface area contributed by atoms with Crippen molar-refractivity contribution < 1.29 is 4.74 Å². The van der Waals surface area contributed by atoms with Crippen molar-refractivity contribution >= 4 is 12.2 Å². The van der Waals surface area contributed by atoms with Crippen molar-refractivity contribution in [2.24, 2.45) is 0 Å². The van der Waals surface area contributed by atoms with E-state index < -0.39 is 0 Å². The molecule has 68 valence electrons. The molecule has 5 heteroatoms. The van der Waals surface area contributed by atoms with E-state index >= 15 is 0 Å². The maximum atomic E-state index is 5.05. The molecule has 1 N–H and O–H groups in total. The fourth-order valence-electron chi connectivity index (χ4n) is 1.10. The maximum Gasteiger partial charge on any atom is 0.195 e. The number of H-pyrrole nitrogens is 1. The molecule has 0 bridgehead atoms. The van der Waals surface area contributed by atoms with Gasteiger partial charge in [0.2, 0.25) is 0 Å². The topological polar surface area (TPSA) is 42.8 Å². The smallest absolute Gasteiger partial charge is 0.195 e. The number of aromatic amines is 1. The summed E-state index contributed by atoms with van der Waals surface area (Å²) in [7, 11) is 1.64. The first kappa shape index (κ1) is 9.41. The van der Waals surface area contributed by atoms with E-state index in [1.165, 1.54) is 0 Å². The molecule has 0 amide bonds. The summed E-state index contributed by atoms with van der Waals surface area (Å²) >= 11 is 5.05. The van der Waals surface area contributed by atoms with Crippen LogP contribution in [0.15, 0.2) is 0 Å². The summed E-state index contributed by atoms with van der Waals surface area (Å²) in [5.41, 5.74) is 0. The van der Waals surface area contributed by atoms with Crippen molar-refractivity contribution in [3.05, 3.63) is 10.6 Å². The largest absolute Gasteiger partial charge is 0.377 e. The average Bonchev–Trinajstić information content (AvgIpc) is 2.32. The lowest BCUT2D eigenvalue weighted by molar-refractivity contribution is 0.172. The highest BCUT2D eigenvalue weighted by Crippen LogP contribution is 2.08. The lowest BCUT2D eigenvalue weighted by Crippen LogP contribution is -2.07. The highest BCUT2D eigenvalue weighted by molar-refractivity contribution is 7.71. The Morgan fingerprint density at radius 3 is 2.83 bits per heavy atom. The molecule has 0 unspecified atom stereocenters. The first-order valence-electron chi connectivity index (χ1n) is 3.81. The van der Waals surface area contributed by atoms with Crippen LogP contribution in [-0.4, -0.2) is 21.9 Å². The van der Waals surface area contributed by atoms with Crippen LogP contribution >= 0.6 is 12.2 Å². The van der Waals surface area contributed by atoms with Gasteiger partial charge in [0, 0.05) is 13.2 Å². The summed E-state index contributed by atoms with van der Waals surface area (Å²) in [5, 5.41) is 6.79. The molecule has 4 nitrogen and oxygen atoms in total. The highest BCUT2D eigenvalue weighted by atomic mass is 32.1. The Balaban J connectivity index is 3.04. The van der Waals surface area contributed by atoms with Gasteiger partial charge in [0.25, 0.3) is 0 Å². The van der Waals surface area contributed by atoms with E-state index in [0.717, 1.165) is 5.82 Å². The normalized spacial score (nSPS) is 11.0. The van der Waals surface area contributed by atoms with Crippen molar-refractivity contribution in [1.29, 1.82) is 0 Å². The van der Waals surface area contributed by atoms with Crippen LogP contribution in [0.5, 0.6) is 0 Å². The zero-order valence-corrected chi connectivity index (χ0v) is 8.31. The van der Waals surface area contributed by atoms with Gasteiger partial charge >= 0.3 is 0 Å². The van der Waals surface area contributed by atoms with E-state index in [1.807, 2.05) is 4.57 Å². The lowest BCUT2D eigenvalue weighted by Gasteiger charge is -2.08. The van der Waals surface area contributed by atoms with Gasteiger partial charge in [-0.15, -0.1) is 0 Å². The van der Waals surface area contributed by atoms with Crippen molar-refractivity contribution in [3.8, 4) is 0 Å². The number of aromatic nitrogens is 3. The van der Waals surface area contributed by atoms with Crippen LogP contribution in [0, 0.1) is 4.77 Å². The van der Waals surface area contributed by atoms with E-state index in [0.29, 0.717) is 17.4 Å². The fourth-order valence-corrected chi connectivity index (χ4v) is 1.46. The molecule has 1 aromatic heterocycles. The van der Waals surface area contributed by atoms with Crippen molar-refractivity contribution in [2.45, 2.75) is 26.5 Å². The second-order valence-electron chi connectivity index (χ2n) is 2.84. The van der Waals surface area contributed by atoms with Gasteiger partial charge in [0.15, 0.2) is 10.6 Å². The number of nitrogens with one attached hydrogen (secondary N) is 1. The van der Waals surface area contributed by atoms with Crippen molar-refractivity contribution in [3.63, 3.8) is 0 Å². The molecule has 0 fully saturated rings. The molecule has 1 aromatic rings. The predicted octanol–water partition coefficient (Wildman–Crippen LogP) is 1.67. The van der Waals surface area contributed by atoms with Gasteiger partial charge in [0.05, 0.1) is 0 Å². The Bertz CT molecular complexity index is 302. The Morgan fingerprint density at radius 1 is 1.67 bits per heavy atom. The first-order valence-corrected chi connectivity index (χ1v) is 4.22. The molecular formula is C7H13N3OS. The van der Waals surface area contributed by atoms with Crippen molar-refractivity contribution in [1.82, 2.24) is 14.8 Å². The number of rotatable bonds is 3. The molecular weight excluding hydrogens is 174 g/mol. The number of hydrogen-bond donors (Lipinski definition) is 1. The molecule has 1 rings (SSSR count). The van der Waals surface area contributed by atoms with Gasteiger partial charge < -0.3 is 4.74 Å². The number of methoxy groups -OCH3 is 1. The van der Waals surface area contributed by atoms with E-state index in [-0.39, 0.29) is 0 Å². The summed E-state index contributed by atoms with van der Waals surface area (Å²) in [5.74, 6) is 0.845. The molecule has 0 aliphatic carbocycles. The van der Waals surface area contributed by atoms with Gasteiger partial charge in [-0.3, -0.25) is 9.67 Å². The minimum Gasteiger partial charge on any atom is -0.377 e. The molecule has 0 spiro atoms. The minimum atomic E-state index is 0.321. The van der Waals surface area contributed by atoms with Crippen LogP contribution in [0.25, 0.3) is 0 Å². The molecule has 1 heterocycles. The second-order valence-corrected chi connectivity index (χ2v) is 3.23. The van der Waals surface area contributed by atoms with E-state index in [2.05, 4.69) is 24.0 Å². The third-order valence-corrected chi connectivity index (χ3v) is 1.86. The van der Waals surface area contributed by atoms with Crippen LogP contribution in [0.2, 0.25) is 0 Å². The molecule has 12 heavy (non-hydrogen) atoms. The predicted molar refractivity (Wildman–Crippen MR) is 48.5 cm³/mol. The molecule has 0 aliphatic heterocycles. The van der Waals surface area contributed by atoms with Crippen LogP contribution in [0.4, 0.5) is 0 Å². The van der Waals surface area contributed by atoms with Crippen LogP contribution in [0.1, 0.15) is 25.7 Å². The van der Waals surface area contributed by atoms with Crippen molar-refractivity contribution in [2.75, 3.05) is 7.11 Å². The Kier molecular flexibility index (Phi) is 2.99. The SMILES string of the molecule is COCc1n[nH]c(=S)n1C(C)C. The van der Waals surface area contributed by atoms with Crippen LogP contribution in [0.3, 0.4) is 0 Å². The first-order chi connectivity index (χ1) is 5.66. The minimum absolute atomic E-state index is 0.321. The summed E-state index contributed by atoms with van der Waals surface area (Å²) in [4.78, 5) is 0. The standard InChI is InChI=1S/C7H13N3OS/c1-5(2)10-6(4-11-3)8-9-7(10)12/h5H,4H2,1-3H3,(H,9,12). The van der Waals surface area contributed by atoms with Gasteiger partial charge in [-0.2, -0.15) is 5.10 Å². The van der Waals surface area contributed by atoms with Gasteiger partial charge in [-0.1, -0.05) is 0 Å². The zero-order chi connectivity index (χ0) is 9.14. The molecule has 0 saturated carbocycles. The maximum absolute atomic E-state index is 5.05. The van der Waals surface area contributed by atoms with Crippen LogP contribution < -0.4 is 0 Å². The zero-order valence-electron chi connectivity index (χ0n) is 7.50. The fraction of sp³-hybridized carbons (Fsp3) is 0.714. The lowest BCUT2D eigenvalue weighted by atomic mass is 10.4. The third-order valence-electron chi connectivity index (χ3n) is 1.57.